The summed E-state index contributed by atoms with van der Waals surface area (Å²) in [4.78, 5) is 11.5. The number of carbonyl (C=O) groups is 1. The Kier molecular flexibility index (Phi) is 5.32. The number of esters is 1. The lowest BCUT2D eigenvalue weighted by atomic mass is 10.2. The first kappa shape index (κ1) is 15.0. The number of aryl methyl sites for hydroxylation is 1. The molecular formula is C17H17FO3. The highest BCUT2D eigenvalue weighted by Crippen LogP contribution is 2.12. The lowest BCUT2D eigenvalue weighted by Gasteiger charge is -2.07. The second-order valence-electron chi connectivity index (χ2n) is 4.70. The summed E-state index contributed by atoms with van der Waals surface area (Å²) in [5, 5.41) is 0. The molecule has 0 saturated heterocycles. The molecule has 0 N–H and O–H groups in total. The molecule has 0 aliphatic carbocycles. The van der Waals surface area contributed by atoms with E-state index in [2.05, 4.69) is 0 Å². The van der Waals surface area contributed by atoms with Crippen LogP contribution >= 0.6 is 0 Å². The highest BCUT2D eigenvalue weighted by Gasteiger charge is 2.05. The Morgan fingerprint density at radius 1 is 1.14 bits per heavy atom. The molecule has 2 rings (SSSR count). The Balaban J connectivity index is 1.69. The molecule has 0 amide bonds. The van der Waals surface area contributed by atoms with Crippen molar-refractivity contribution in [2.45, 2.75) is 20.0 Å². The fraction of sp³-hybridized carbons (Fsp3) is 0.235. The molecule has 0 aliphatic heterocycles. The molecule has 2 aromatic rings. The predicted molar refractivity (Wildman–Crippen MR) is 77.5 cm³/mol. The molecule has 0 bridgehead atoms. The van der Waals surface area contributed by atoms with Crippen molar-refractivity contribution in [2.24, 2.45) is 0 Å². The van der Waals surface area contributed by atoms with Crippen molar-refractivity contribution in [3.63, 3.8) is 0 Å². The Labute approximate surface area is 123 Å². The molecule has 0 saturated carbocycles. The van der Waals surface area contributed by atoms with Gasteiger partial charge in [0.2, 0.25) is 0 Å². The van der Waals surface area contributed by atoms with Gasteiger partial charge in [-0.15, -0.1) is 0 Å². The van der Waals surface area contributed by atoms with Crippen molar-refractivity contribution in [2.75, 3.05) is 6.61 Å². The molecule has 0 heterocycles. The maximum absolute atomic E-state index is 12.9. The zero-order chi connectivity index (χ0) is 15.1. The predicted octanol–water partition coefficient (Wildman–Crippen LogP) is 3.65. The molecule has 110 valence electrons. The molecule has 3 nitrogen and oxygen atoms in total. The average molecular weight is 288 g/mol. The van der Waals surface area contributed by atoms with E-state index in [1.807, 2.05) is 31.2 Å². The fourth-order valence-electron chi connectivity index (χ4n) is 1.75. The van der Waals surface area contributed by atoms with Gasteiger partial charge in [-0.3, -0.25) is 4.79 Å². The normalized spacial score (nSPS) is 10.2. The van der Waals surface area contributed by atoms with E-state index in [1.54, 1.807) is 12.1 Å². The molecule has 0 unspecified atom stereocenters. The number of ether oxygens (including phenoxy) is 2. The summed E-state index contributed by atoms with van der Waals surface area (Å²) in [6.07, 6.45) is 0.156. The van der Waals surface area contributed by atoms with Crippen molar-refractivity contribution < 1.29 is 18.7 Å². The lowest BCUT2D eigenvalue weighted by Crippen LogP contribution is -2.10. The number of carbonyl (C=O) groups excluding carboxylic acids is 1. The molecule has 2 aromatic carbocycles. The molecule has 21 heavy (non-hydrogen) atoms. The summed E-state index contributed by atoms with van der Waals surface area (Å²) in [7, 11) is 0. The number of rotatable bonds is 6. The third-order valence-electron chi connectivity index (χ3n) is 2.88. The first-order valence-corrected chi connectivity index (χ1v) is 6.73. The lowest BCUT2D eigenvalue weighted by molar-refractivity contribution is -0.145. The van der Waals surface area contributed by atoms with Crippen LogP contribution in [0.4, 0.5) is 4.39 Å². The van der Waals surface area contributed by atoms with Crippen LogP contribution < -0.4 is 4.74 Å². The highest BCUT2D eigenvalue weighted by molar-refractivity contribution is 5.69. The van der Waals surface area contributed by atoms with Crippen LogP contribution in [0.15, 0.2) is 48.5 Å². The quantitative estimate of drug-likeness (QED) is 0.761. The van der Waals surface area contributed by atoms with Gasteiger partial charge in [0.05, 0.1) is 13.0 Å². The van der Waals surface area contributed by atoms with E-state index in [0.29, 0.717) is 5.56 Å². The minimum absolute atomic E-state index is 0.0706. The van der Waals surface area contributed by atoms with Crippen LogP contribution in [0.1, 0.15) is 17.5 Å². The summed E-state index contributed by atoms with van der Waals surface area (Å²) >= 11 is 0. The third kappa shape index (κ3) is 5.26. The van der Waals surface area contributed by atoms with Gasteiger partial charge in [-0.2, -0.15) is 0 Å². The van der Waals surface area contributed by atoms with Crippen molar-refractivity contribution in [1.29, 1.82) is 0 Å². The van der Waals surface area contributed by atoms with Crippen LogP contribution in [0.5, 0.6) is 5.75 Å². The highest BCUT2D eigenvalue weighted by atomic mass is 19.1. The molecule has 4 heteroatoms. The van der Waals surface area contributed by atoms with Crippen LogP contribution in [0.25, 0.3) is 0 Å². The molecular weight excluding hydrogens is 271 g/mol. The van der Waals surface area contributed by atoms with Crippen molar-refractivity contribution in [3.05, 3.63) is 65.5 Å². The van der Waals surface area contributed by atoms with Gasteiger partial charge in [0, 0.05) is 0 Å². The molecule has 0 radical (unpaired) electrons. The summed E-state index contributed by atoms with van der Waals surface area (Å²) in [6, 6.07) is 13.6. The van der Waals surface area contributed by atoms with E-state index in [4.69, 9.17) is 9.47 Å². The Morgan fingerprint density at radius 3 is 2.62 bits per heavy atom. The Morgan fingerprint density at radius 2 is 1.90 bits per heavy atom. The van der Waals surface area contributed by atoms with E-state index in [9.17, 15) is 9.18 Å². The monoisotopic (exact) mass is 288 g/mol. The summed E-state index contributed by atoms with van der Waals surface area (Å²) in [5.74, 6) is 0.0103. The number of hydrogen-bond donors (Lipinski definition) is 0. The SMILES string of the molecule is Cc1ccc(OCCC(=O)OCc2cccc(F)c2)cc1. The zero-order valence-electron chi connectivity index (χ0n) is 11.8. The average Bonchev–Trinajstić information content (AvgIpc) is 2.47. The van der Waals surface area contributed by atoms with E-state index in [1.165, 1.54) is 12.1 Å². The Bertz CT molecular complexity index is 593. The number of benzene rings is 2. The number of halogens is 1. The molecule has 0 fully saturated rings. The standard InChI is InChI=1S/C17H17FO3/c1-13-5-7-16(8-6-13)20-10-9-17(19)21-12-14-3-2-4-15(18)11-14/h2-8,11H,9-10,12H2,1H3. The smallest absolute Gasteiger partial charge is 0.309 e. The summed E-state index contributed by atoms with van der Waals surface area (Å²) < 4.78 is 23.4. The van der Waals surface area contributed by atoms with Crippen LogP contribution in [-0.4, -0.2) is 12.6 Å². The second kappa shape index (κ2) is 7.43. The molecule has 0 atom stereocenters. The molecule has 0 spiro atoms. The van der Waals surface area contributed by atoms with E-state index < -0.39 is 0 Å². The van der Waals surface area contributed by atoms with Crippen molar-refractivity contribution >= 4 is 5.97 Å². The first-order chi connectivity index (χ1) is 10.1. The van der Waals surface area contributed by atoms with Gasteiger partial charge in [-0.1, -0.05) is 29.8 Å². The summed E-state index contributed by atoms with van der Waals surface area (Å²) in [6.45, 7) is 2.32. The van der Waals surface area contributed by atoms with Gasteiger partial charge in [-0.05, 0) is 36.8 Å². The van der Waals surface area contributed by atoms with E-state index in [0.717, 1.165) is 11.3 Å². The van der Waals surface area contributed by atoms with Gasteiger partial charge in [0.15, 0.2) is 0 Å². The minimum atomic E-state index is -0.369. The third-order valence-corrected chi connectivity index (χ3v) is 2.88. The van der Waals surface area contributed by atoms with E-state index in [-0.39, 0.29) is 31.4 Å². The van der Waals surface area contributed by atoms with Crippen molar-refractivity contribution in [1.82, 2.24) is 0 Å². The van der Waals surface area contributed by atoms with Gasteiger partial charge < -0.3 is 9.47 Å². The molecule has 0 aromatic heterocycles. The minimum Gasteiger partial charge on any atom is -0.493 e. The van der Waals surface area contributed by atoms with Crippen LogP contribution in [0.3, 0.4) is 0 Å². The van der Waals surface area contributed by atoms with Crippen LogP contribution in [-0.2, 0) is 16.1 Å². The zero-order valence-corrected chi connectivity index (χ0v) is 11.8. The summed E-state index contributed by atoms with van der Waals surface area (Å²) in [5.41, 5.74) is 1.78. The second-order valence-corrected chi connectivity index (χ2v) is 4.70. The van der Waals surface area contributed by atoms with Crippen molar-refractivity contribution in [3.8, 4) is 5.75 Å². The van der Waals surface area contributed by atoms with Gasteiger partial charge >= 0.3 is 5.97 Å². The van der Waals surface area contributed by atoms with E-state index >= 15 is 0 Å². The van der Waals surface area contributed by atoms with Crippen LogP contribution in [0, 0.1) is 12.7 Å². The maximum Gasteiger partial charge on any atom is 0.309 e. The van der Waals surface area contributed by atoms with Gasteiger partial charge in [-0.25, -0.2) is 4.39 Å². The Hall–Kier alpha value is -2.36. The molecule has 0 aliphatic rings. The largest absolute Gasteiger partial charge is 0.493 e. The fourth-order valence-corrected chi connectivity index (χ4v) is 1.75. The van der Waals surface area contributed by atoms with Gasteiger partial charge in [0.25, 0.3) is 0 Å². The van der Waals surface area contributed by atoms with Gasteiger partial charge in [0.1, 0.15) is 18.2 Å². The topological polar surface area (TPSA) is 35.5 Å². The number of hydrogen-bond acceptors (Lipinski definition) is 3. The van der Waals surface area contributed by atoms with Crippen LogP contribution in [0.2, 0.25) is 0 Å². The maximum atomic E-state index is 12.9. The first-order valence-electron chi connectivity index (χ1n) is 6.73.